The molecule has 8 aromatic carbocycles. The summed E-state index contributed by atoms with van der Waals surface area (Å²) < 4.78 is 6.71. The second kappa shape index (κ2) is 10.0. The summed E-state index contributed by atoms with van der Waals surface area (Å²) in [7, 11) is 0. The van der Waals surface area contributed by atoms with Gasteiger partial charge in [-0.05, 0) is 83.7 Å². The van der Waals surface area contributed by atoms with Gasteiger partial charge in [-0.25, -0.2) is 0 Å². The Morgan fingerprint density at radius 3 is 1.71 bits per heavy atom. The van der Waals surface area contributed by atoms with Gasteiger partial charge in [-0.15, -0.1) is 0 Å². The molecule has 0 spiro atoms. The second-order valence-electron chi connectivity index (χ2n) is 13.6. The topological polar surface area (TPSA) is 13.1 Å². The third kappa shape index (κ3) is 3.73. The third-order valence-electron chi connectivity index (χ3n) is 10.7. The number of para-hydroxylation sites is 1. The smallest absolute Gasteiger partial charge is 0.143 e. The first-order valence-corrected chi connectivity index (χ1v) is 16.8. The molecule has 0 saturated heterocycles. The molecule has 48 heavy (non-hydrogen) atoms. The van der Waals surface area contributed by atoms with Crippen LogP contribution in [0.5, 0.6) is 0 Å². The van der Waals surface area contributed by atoms with Crippen molar-refractivity contribution in [3.63, 3.8) is 0 Å². The van der Waals surface area contributed by atoms with Crippen LogP contribution in [0.2, 0.25) is 0 Å². The van der Waals surface area contributed by atoms with E-state index in [1.165, 1.54) is 66.1 Å². The zero-order valence-corrected chi connectivity index (χ0v) is 26.9. The molecule has 9 aromatic rings. The number of furan rings is 1. The van der Waals surface area contributed by atoms with Gasteiger partial charge in [0.05, 0.1) is 0 Å². The lowest BCUT2D eigenvalue weighted by Gasteiger charge is -2.22. The Kier molecular flexibility index (Phi) is 5.69. The van der Waals surface area contributed by atoms with E-state index in [4.69, 9.17) is 4.42 Å². The molecule has 0 amide bonds. The molecule has 226 valence electrons. The Bertz CT molecular complexity index is 2690. The van der Waals surface area contributed by atoms with Crippen molar-refractivity contribution in [1.29, 1.82) is 0 Å². The normalized spacial score (nSPS) is 13.4. The van der Waals surface area contributed by atoms with Gasteiger partial charge in [-0.3, -0.25) is 0 Å². The summed E-state index contributed by atoms with van der Waals surface area (Å²) >= 11 is 0. The van der Waals surface area contributed by atoms with E-state index in [1.807, 2.05) is 0 Å². The number of rotatable bonds is 3. The van der Waals surface area contributed by atoms with Gasteiger partial charge in [0.2, 0.25) is 0 Å². The Morgan fingerprint density at radius 1 is 0.396 bits per heavy atom. The fraction of sp³-hybridized carbons (Fsp3) is 0.0638. The molecule has 0 aliphatic heterocycles. The SMILES string of the molecule is CC1(C)c2ccccc2-c2cc(-c3c4ccccc4c(-c4cccc5oc6c(-c7ccccc7)cccc6c45)c4ccccc34)ccc21. The van der Waals surface area contributed by atoms with Crippen molar-refractivity contribution in [2.75, 3.05) is 0 Å². The molecule has 1 nitrogen and oxygen atoms in total. The summed E-state index contributed by atoms with van der Waals surface area (Å²) in [4.78, 5) is 0. The maximum absolute atomic E-state index is 6.71. The fourth-order valence-electron chi connectivity index (χ4n) is 8.51. The molecular weight excluding hydrogens is 581 g/mol. The standard InChI is InChI=1S/C47H32O/c1-47(2)40-24-11-10-16-32(40)39-28-30(26-27-41(39)47)43-33-17-6-8-19-35(33)44(36-20-9-7-18-34(36)43)37-22-13-25-42-45(37)38-23-12-21-31(46(38)48-42)29-14-4-3-5-15-29/h3-28H,1-2H3. The van der Waals surface area contributed by atoms with E-state index >= 15 is 0 Å². The molecule has 0 atom stereocenters. The third-order valence-corrected chi connectivity index (χ3v) is 10.7. The zero-order chi connectivity index (χ0) is 32.0. The van der Waals surface area contributed by atoms with Crippen LogP contribution >= 0.6 is 0 Å². The first-order chi connectivity index (χ1) is 23.6. The van der Waals surface area contributed by atoms with Crippen LogP contribution in [-0.4, -0.2) is 0 Å². The van der Waals surface area contributed by atoms with Crippen LogP contribution < -0.4 is 0 Å². The van der Waals surface area contributed by atoms with Crippen molar-refractivity contribution < 1.29 is 4.42 Å². The van der Waals surface area contributed by atoms with Gasteiger partial charge in [0.25, 0.3) is 0 Å². The van der Waals surface area contributed by atoms with E-state index in [-0.39, 0.29) is 5.41 Å². The maximum Gasteiger partial charge on any atom is 0.143 e. The first kappa shape index (κ1) is 27.2. The number of fused-ring (bicyclic) bond motifs is 8. The minimum Gasteiger partial charge on any atom is -0.455 e. The maximum atomic E-state index is 6.71. The largest absolute Gasteiger partial charge is 0.455 e. The molecule has 1 heterocycles. The summed E-state index contributed by atoms with van der Waals surface area (Å²) in [5, 5.41) is 7.30. The highest BCUT2D eigenvalue weighted by molar-refractivity contribution is 6.26. The lowest BCUT2D eigenvalue weighted by Crippen LogP contribution is -2.14. The van der Waals surface area contributed by atoms with Crippen molar-refractivity contribution in [3.05, 3.63) is 169 Å². The van der Waals surface area contributed by atoms with E-state index in [2.05, 4.69) is 172 Å². The van der Waals surface area contributed by atoms with Gasteiger partial charge in [0.1, 0.15) is 11.2 Å². The summed E-state index contributed by atoms with van der Waals surface area (Å²) in [6, 6.07) is 57.5. The average Bonchev–Trinajstić information content (AvgIpc) is 3.63. The predicted molar refractivity (Wildman–Crippen MR) is 203 cm³/mol. The van der Waals surface area contributed by atoms with Crippen molar-refractivity contribution in [1.82, 2.24) is 0 Å². The Balaban J connectivity index is 1.28. The zero-order valence-electron chi connectivity index (χ0n) is 26.9. The highest BCUT2D eigenvalue weighted by Crippen LogP contribution is 2.52. The summed E-state index contributed by atoms with van der Waals surface area (Å²) in [5.41, 5.74) is 14.5. The molecule has 10 rings (SSSR count). The lowest BCUT2D eigenvalue weighted by atomic mass is 9.81. The van der Waals surface area contributed by atoms with Gasteiger partial charge in [-0.2, -0.15) is 0 Å². The van der Waals surface area contributed by atoms with E-state index in [9.17, 15) is 0 Å². The first-order valence-electron chi connectivity index (χ1n) is 16.8. The molecule has 1 aromatic heterocycles. The van der Waals surface area contributed by atoms with Gasteiger partial charge in [0, 0.05) is 21.8 Å². The van der Waals surface area contributed by atoms with E-state index in [1.54, 1.807) is 0 Å². The highest BCUT2D eigenvalue weighted by atomic mass is 16.3. The molecule has 0 radical (unpaired) electrons. The van der Waals surface area contributed by atoms with Crippen LogP contribution in [0.3, 0.4) is 0 Å². The molecular formula is C47H32O. The lowest BCUT2D eigenvalue weighted by molar-refractivity contribution is 0.660. The van der Waals surface area contributed by atoms with Crippen LogP contribution in [0, 0.1) is 0 Å². The number of hydrogen-bond donors (Lipinski definition) is 0. The number of hydrogen-bond acceptors (Lipinski definition) is 1. The van der Waals surface area contributed by atoms with Crippen LogP contribution in [0.15, 0.2) is 162 Å². The van der Waals surface area contributed by atoms with Crippen molar-refractivity contribution in [2.24, 2.45) is 0 Å². The summed E-state index contributed by atoms with van der Waals surface area (Å²) in [6.07, 6.45) is 0. The Morgan fingerprint density at radius 2 is 0.958 bits per heavy atom. The molecule has 0 fully saturated rings. The molecule has 1 aliphatic rings. The minimum absolute atomic E-state index is 0.0229. The van der Waals surface area contributed by atoms with Crippen LogP contribution in [0.4, 0.5) is 0 Å². The molecule has 0 saturated carbocycles. The minimum atomic E-state index is -0.0229. The van der Waals surface area contributed by atoms with Crippen molar-refractivity contribution in [3.8, 4) is 44.5 Å². The molecule has 0 bridgehead atoms. The summed E-state index contributed by atoms with van der Waals surface area (Å²) in [5.74, 6) is 0. The predicted octanol–water partition coefficient (Wildman–Crippen LogP) is 13.2. The van der Waals surface area contributed by atoms with Crippen LogP contribution in [0.1, 0.15) is 25.0 Å². The second-order valence-corrected chi connectivity index (χ2v) is 13.6. The van der Waals surface area contributed by atoms with Gasteiger partial charge in [-0.1, -0.05) is 159 Å². The van der Waals surface area contributed by atoms with E-state index < -0.39 is 0 Å². The van der Waals surface area contributed by atoms with Crippen molar-refractivity contribution in [2.45, 2.75) is 19.3 Å². The molecule has 1 aliphatic carbocycles. The molecule has 0 N–H and O–H groups in total. The van der Waals surface area contributed by atoms with Crippen LogP contribution in [0.25, 0.3) is 88.0 Å². The van der Waals surface area contributed by atoms with Gasteiger partial charge >= 0.3 is 0 Å². The van der Waals surface area contributed by atoms with Gasteiger partial charge in [0.15, 0.2) is 0 Å². The highest BCUT2D eigenvalue weighted by Gasteiger charge is 2.35. The Hall–Kier alpha value is -5.92. The fourth-order valence-corrected chi connectivity index (χ4v) is 8.51. The van der Waals surface area contributed by atoms with Crippen molar-refractivity contribution >= 4 is 43.5 Å². The van der Waals surface area contributed by atoms with Crippen LogP contribution in [-0.2, 0) is 5.41 Å². The molecule has 0 unspecified atom stereocenters. The quantitative estimate of drug-likeness (QED) is 0.181. The Labute approximate surface area is 279 Å². The number of benzene rings is 8. The monoisotopic (exact) mass is 612 g/mol. The van der Waals surface area contributed by atoms with E-state index in [0.29, 0.717) is 0 Å². The molecule has 1 heteroatoms. The van der Waals surface area contributed by atoms with Gasteiger partial charge < -0.3 is 4.42 Å². The van der Waals surface area contributed by atoms with E-state index in [0.717, 1.165) is 33.1 Å². The average molecular weight is 613 g/mol. The summed E-state index contributed by atoms with van der Waals surface area (Å²) in [6.45, 7) is 4.69.